The van der Waals surface area contributed by atoms with Crippen molar-refractivity contribution in [3.8, 4) is 6.07 Å². The van der Waals surface area contributed by atoms with Crippen LogP contribution in [0.1, 0.15) is 0 Å². The highest BCUT2D eigenvalue weighted by atomic mass is 15.0. The van der Waals surface area contributed by atoms with Crippen LogP contribution in [0.5, 0.6) is 0 Å². The van der Waals surface area contributed by atoms with Gasteiger partial charge in [-0.3, -0.25) is 0 Å². The van der Waals surface area contributed by atoms with E-state index in [9.17, 15) is 0 Å². The second-order valence-electron chi connectivity index (χ2n) is 2.26. The monoisotopic (exact) mass is 189 g/mol. The number of aliphatic imine (C=N–C) groups is 1. The summed E-state index contributed by atoms with van der Waals surface area (Å²) in [6.07, 6.45) is 2.68. The quantitative estimate of drug-likeness (QED) is 0.299. The predicted octanol–water partition coefficient (Wildman–Crippen LogP) is 1.74. The highest BCUT2D eigenvalue weighted by molar-refractivity contribution is 5.84. The number of allylic oxidation sites excluding steroid dienone is 2. The van der Waals surface area contributed by atoms with Crippen molar-refractivity contribution in [3.05, 3.63) is 36.3 Å². The number of rotatable bonds is 5. The Kier molecular flexibility index (Phi) is 5.31. The Labute approximate surface area is 82.7 Å². The molecule has 0 fully saturated rings. The van der Waals surface area contributed by atoms with E-state index in [2.05, 4.69) is 28.6 Å². The largest absolute Gasteiger partial charge is 0.386 e. The molecule has 0 amide bonds. The molecular formula is C9H11N5. The van der Waals surface area contributed by atoms with Crippen LogP contribution in [0, 0.1) is 16.9 Å². The van der Waals surface area contributed by atoms with Crippen molar-refractivity contribution in [2.45, 2.75) is 0 Å². The number of nitriles is 1. The molecule has 14 heavy (non-hydrogen) atoms. The maximum absolute atomic E-state index is 8.38. The van der Waals surface area contributed by atoms with Gasteiger partial charge in [0.2, 0.25) is 0 Å². The van der Waals surface area contributed by atoms with Crippen molar-refractivity contribution >= 4 is 6.21 Å². The molecule has 0 saturated carbocycles. The average Bonchev–Trinajstić information content (AvgIpc) is 2.21. The molecule has 0 aliphatic heterocycles. The molecule has 0 bridgehead atoms. The fourth-order valence-corrected chi connectivity index (χ4v) is 0.627. The molecule has 0 aromatic rings. The van der Waals surface area contributed by atoms with Gasteiger partial charge in [-0.2, -0.15) is 10.4 Å². The van der Waals surface area contributed by atoms with Crippen LogP contribution in [0.4, 0.5) is 0 Å². The van der Waals surface area contributed by atoms with Crippen LogP contribution < -0.4 is 5.32 Å². The molecule has 0 spiro atoms. The fourth-order valence-electron chi connectivity index (χ4n) is 0.627. The number of hydrogen-bond donors (Lipinski definition) is 2. The Hall–Kier alpha value is -2.22. The first-order valence-corrected chi connectivity index (χ1v) is 3.72. The molecule has 0 saturated heterocycles. The highest BCUT2D eigenvalue weighted by Gasteiger charge is 1.96. The molecule has 5 nitrogen and oxygen atoms in total. The zero-order chi connectivity index (χ0) is 11.0. The van der Waals surface area contributed by atoms with Crippen LogP contribution in [0.2, 0.25) is 0 Å². The van der Waals surface area contributed by atoms with Crippen LogP contribution in [0.15, 0.2) is 46.4 Å². The van der Waals surface area contributed by atoms with Gasteiger partial charge in [0.1, 0.15) is 11.8 Å². The SMILES string of the molecule is C=C(C#N)/N=C/C(=C)/C(=C/N=N)NC. The highest BCUT2D eigenvalue weighted by Crippen LogP contribution is 2.02. The smallest absolute Gasteiger partial charge is 0.133 e. The topological polar surface area (TPSA) is 84.4 Å². The maximum atomic E-state index is 8.38. The summed E-state index contributed by atoms with van der Waals surface area (Å²) in [5.41, 5.74) is 7.83. The Morgan fingerprint density at radius 3 is 2.64 bits per heavy atom. The van der Waals surface area contributed by atoms with Gasteiger partial charge in [0, 0.05) is 18.8 Å². The lowest BCUT2D eigenvalue weighted by Gasteiger charge is -2.02. The van der Waals surface area contributed by atoms with E-state index >= 15 is 0 Å². The van der Waals surface area contributed by atoms with Gasteiger partial charge in [0.05, 0.1) is 11.9 Å². The molecule has 0 heterocycles. The summed E-state index contributed by atoms with van der Waals surface area (Å²) in [6.45, 7) is 7.05. The molecule has 0 aromatic carbocycles. The van der Waals surface area contributed by atoms with E-state index in [4.69, 9.17) is 10.8 Å². The minimum absolute atomic E-state index is 0.101. The van der Waals surface area contributed by atoms with E-state index in [1.54, 1.807) is 13.1 Å². The zero-order valence-corrected chi connectivity index (χ0v) is 7.91. The van der Waals surface area contributed by atoms with Crippen LogP contribution >= 0.6 is 0 Å². The van der Waals surface area contributed by atoms with E-state index in [1.807, 2.05) is 0 Å². The van der Waals surface area contributed by atoms with Gasteiger partial charge >= 0.3 is 0 Å². The van der Waals surface area contributed by atoms with Gasteiger partial charge in [0.15, 0.2) is 0 Å². The Balaban J connectivity index is 4.57. The first kappa shape index (κ1) is 11.8. The number of nitrogens with one attached hydrogen (secondary N) is 2. The lowest BCUT2D eigenvalue weighted by Crippen LogP contribution is -2.08. The molecular weight excluding hydrogens is 178 g/mol. The van der Waals surface area contributed by atoms with Crippen molar-refractivity contribution in [3.63, 3.8) is 0 Å². The first-order valence-electron chi connectivity index (χ1n) is 3.72. The summed E-state index contributed by atoms with van der Waals surface area (Å²) in [6, 6.07) is 1.78. The lowest BCUT2D eigenvalue weighted by molar-refractivity contribution is 0.992. The van der Waals surface area contributed by atoms with Gasteiger partial charge in [-0.1, -0.05) is 13.2 Å². The van der Waals surface area contributed by atoms with Crippen LogP contribution in [0.3, 0.4) is 0 Å². The van der Waals surface area contributed by atoms with Gasteiger partial charge in [-0.05, 0) is 0 Å². The number of nitrogens with zero attached hydrogens (tertiary/aromatic N) is 3. The van der Waals surface area contributed by atoms with Gasteiger partial charge in [-0.15, -0.1) is 0 Å². The third-order valence-electron chi connectivity index (χ3n) is 1.31. The molecule has 0 rings (SSSR count). The minimum atomic E-state index is 0.101. The average molecular weight is 189 g/mol. The number of likely N-dealkylation sites (N-methyl/N-ethyl adjacent to an activating group) is 1. The molecule has 0 unspecified atom stereocenters. The van der Waals surface area contributed by atoms with Crippen LogP contribution in [-0.2, 0) is 0 Å². The Morgan fingerprint density at radius 2 is 2.21 bits per heavy atom. The standard InChI is InChI=1S/C9H11N5/c1-7(5-13-8(2)4-10)9(12-3)6-14-11/h5-6,11-12H,1-2H2,3H3/b9-6-,13-5+,14-11?. The lowest BCUT2D eigenvalue weighted by atomic mass is 10.2. The zero-order valence-electron chi connectivity index (χ0n) is 7.91. The Bertz CT molecular complexity index is 343. The molecule has 2 N–H and O–H groups in total. The number of hydrogen-bond acceptors (Lipinski definition) is 5. The second-order valence-corrected chi connectivity index (χ2v) is 2.26. The second kappa shape index (κ2) is 6.31. The van der Waals surface area contributed by atoms with Crippen LogP contribution in [-0.4, -0.2) is 13.3 Å². The van der Waals surface area contributed by atoms with Gasteiger partial charge in [-0.25, -0.2) is 10.5 Å². The van der Waals surface area contributed by atoms with Gasteiger partial charge in [0.25, 0.3) is 0 Å². The molecule has 0 atom stereocenters. The normalized spacial score (nSPS) is 10.7. The summed E-state index contributed by atoms with van der Waals surface area (Å²) in [5, 5.41) is 14.3. The van der Waals surface area contributed by atoms with E-state index in [-0.39, 0.29) is 5.70 Å². The predicted molar refractivity (Wildman–Crippen MR) is 54.7 cm³/mol. The van der Waals surface area contributed by atoms with Crippen molar-refractivity contribution in [1.29, 1.82) is 10.8 Å². The molecule has 5 heteroatoms. The molecule has 72 valence electrons. The van der Waals surface area contributed by atoms with E-state index in [0.29, 0.717) is 11.3 Å². The summed E-state index contributed by atoms with van der Waals surface area (Å²) in [5.74, 6) is 0. The van der Waals surface area contributed by atoms with Crippen LogP contribution in [0.25, 0.3) is 0 Å². The molecule has 0 radical (unpaired) electrons. The van der Waals surface area contributed by atoms with E-state index < -0.39 is 0 Å². The maximum Gasteiger partial charge on any atom is 0.133 e. The van der Waals surface area contributed by atoms with Crippen molar-refractivity contribution in [1.82, 2.24) is 5.32 Å². The van der Waals surface area contributed by atoms with E-state index in [1.165, 1.54) is 12.4 Å². The molecule has 0 aliphatic carbocycles. The summed E-state index contributed by atoms with van der Waals surface area (Å²) in [4.78, 5) is 3.73. The van der Waals surface area contributed by atoms with E-state index in [0.717, 1.165) is 0 Å². The summed E-state index contributed by atoms with van der Waals surface area (Å²) < 4.78 is 0. The summed E-state index contributed by atoms with van der Waals surface area (Å²) >= 11 is 0. The third kappa shape index (κ3) is 3.97. The van der Waals surface area contributed by atoms with Crippen molar-refractivity contribution in [2.75, 3.05) is 7.05 Å². The molecule has 0 aromatic heterocycles. The summed E-state index contributed by atoms with van der Waals surface area (Å²) in [7, 11) is 1.68. The van der Waals surface area contributed by atoms with Gasteiger partial charge < -0.3 is 5.32 Å². The van der Waals surface area contributed by atoms with Crippen molar-refractivity contribution < 1.29 is 0 Å². The molecule has 0 aliphatic rings. The third-order valence-corrected chi connectivity index (χ3v) is 1.31. The van der Waals surface area contributed by atoms with Crippen molar-refractivity contribution in [2.24, 2.45) is 10.1 Å². The first-order chi connectivity index (χ1) is 6.65. The Morgan fingerprint density at radius 1 is 1.57 bits per heavy atom. The minimum Gasteiger partial charge on any atom is -0.386 e. The fraction of sp³-hybridized carbons (Fsp3) is 0.111.